The highest BCUT2D eigenvalue weighted by atomic mass is 16.3. The number of amidine groups is 1. The van der Waals surface area contributed by atoms with Crippen LogP contribution >= 0.6 is 0 Å². The van der Waals surface area contributed by atoms with Crippen LogP contribution in [0.15, 0.2) is 59.6 Å². The Morgan fingerprint density at radius 1 is 0.893 bits per heavy atom. The SMILES string of the molecule is CC(C)C(O)(NC1=NCCCCCC1)c1ccc2ccc3ccccc3c2c1. The first-order valence-corrected chi connectivity index (χ1v) is 10.5. The molecule has 0 aromatic heterocycles. The number of benzene rings is 3. The molecule has 28 heavy (non-hydrogen) atoms. The summed E-state index contributed by atoms with van der Waals surface area (Å²) in [6, 6.07) is 19.1. The number of aliphatic imine (C=N–C) groups is 1. The normalized spacial score (nSPS) is 17.8. The second-order valence-corrected chi connectivity index (χ2v) is 8.26. The number of hydrogen-bond acceptors (Lipinski definition) is 3. The van der Waals surface area contributed by atoms with Crippen LogP contribution in [0.4, 0.5) is 0 Å². The van der Waals surface area contributed by atoms with Crippen LogP contribution in [0.1, 0.15) is 51.5 Å². The third-order valence-electron chi connectivity index (χ3n) is 5.98. The zero-order valence-corrected chi connectivity index (χ0v) is 16.9. The molecular weight excluding hydrogens is 344 g/mol. The molecule has 0 amide bonds. The molecule has 1 unspecified atom stereocenters. The molecule has 0 fully saturated rings. The Balaban J connectivity index is 1.78. The molecule has 0 spiro atoms. The average Bonchev–Trinajstić information content (AvgIpc) is 2.69. The monoisotopic (exact) mass is 374 g/mol. The standard InChI is InChI=1S/C25H30N2O/c1-18(2)25(28,27-24-11-5-3-4-8-16-26-24)21-15-14-20-13-12-19-9-6-7-10-22(19)23(20)17-21/h6-7,9-10,12-15,17-18,28H,3-5,8,11,16H2,1-2H3,(H,26,27). The minimum absolute atomic E-state index is 0.00747. The molecule has 1 aliphatic rings. The zero-order valence-electron chi connectivity index (χ0n) is 16.9. The summed E-state index contributed by atoms with van der Waals surface area (Å²) in [4.78, 5) is 4.73. The lowest BCUT2D eigenvalue weighted by molar-refractivity contribution is -0.0261. The fourth-order valence-electron chi connectivity index (χ4n) is 4.16. The van der Waals surface area contributed by atoms with E-state index >= 15 is 0 Å². The smallest absolute Gasteiger partial charge is 0.165 e. The molecular formula is C25H30N2O. The molecule has 1 aliphatic heterocycles. The highest BCUT2D eigenvalue weighted by Crippen LogP contribution is 2.33. The lowest BCUT2D eigenvalue weighted by Gasteiger charge is -2.35. The van der Waals surface area contributed by atoms with Gasteiger partial charge < -0.3 is 10.4 Å². The van der Waals surface area contributed by atoms with Gasteiger partial charge in [-0.05, 0) is 40.5 Å². The van der Waals surface area contributed by atoms with Gasteiger partial charge in [0.15, 0.2) is 5.72 Å². The first kappa shape index (κ1) is 18.9. The molecule has 4 rings (SSSR count). The third-order valence-corrected chi connectivity index (χ3v) is 5.98. The molecule has 1 atom stereocenters. The maximum Gasteiger partial charge on any atom is 0.165 e. The van der Waals surface area contributed by atoms with Gasteiger partial charge in [-0.15, -0.1) is 0 Å². The van der Waals surface area contributed by atoms with Crippen molar-refractivity contribution in [1.82, 2.24) is 5.32 Å². The third kappa shape index (κ3) is 3.64. The number of fused-ring (bicyclic) bond motifs is 3. The first-order valence-electron chi connectivity index (χ1n) is 10.5. The molecule has 0 bridgehead atoms. The fraction of sp³-hybridized carbons (Fsp3) is 0.400. The van der Waals surface area contributed by atoms with E-state index in [1.165, 1.54) is 34.4 Å². The molecule has 0 saturated carbocycles. The lowest BCUT2D eigenvalue weighted by atomic mass is 9.88. The van der Waals surface area contributed by atoms with Gasteiger partial charge in [0, 0.05) is 24.4 Å². The molecule has 1 heterocycles. The Hall–Kier alpha value is -2.39. The predicted octanol–water partition coefficient (Wildman–Crippen LogP) is 5.75. The van der Waals surface area contributed by atoms with Crippen molar-refractivity contribution in [3.05, 3.63) is 60.2 Å². The fourth-order valence-corrected chi connectivity index (χ4v) is 4.16. The summed E-state index contributed by atoms with van der Waals surface area (Å²) >= 11 is 0. The number of nitrogens with zero attached hydrogens (tertiary/aromatic N) is 1. The van der Waals surface area contributed by atoms with Gasteiger partial charge in [-0.2, -0.15) is 0 Å². The largest absolute Gasteiger partial charge is 0.367 e. The quantitative estimate of drug-likeness (QED) is 0.453. The Kier molecular flexibility index (Phi) is 5.36. The molecule has 0 aliphatic carbocycles. The Bertz CT molecular complexity index is 1010. The first-order chi connectivity index (χ1) is 13.6. The van der Waals surface area contributed by atoms with Gasteiger partial charge in [0.1, 0.15) is 0 Å². The van der Waals surface area contributed by atoms with E-state index in [9.17, 15) is 5.11 Å². The maximum absolute atomic E-state index is 11.7. The molecule has 3 nitrogen and oxygen atoms in total. The summed E-state index contributed by atoms with van der Waals surface area (Å²) in [5.41, 5.74) is -0.237. The van der Waals surface area contributed by atoms with Gasteiger partial charge in [-0.1, -0.05) is 75.2 Å². The van der Waals surface area contributed by atoms with Crippen LogP contribution in [0.2, 0.25) is 0 Å². The lowest BCUT2D eigenvalue weighted by Crippen LogP contribution is -2.50. The van der Waals surface area contributed by atoms with E-state index in [4.69, 9.17) is 4.99 Å². The molecule has 146 valence electrons. The van der Waals surface area contributed by atoms with Crippen LogP contribution in [-0.4, -0.2) is 17.5 Å². The van der Waals surface area contributed by atoms with Crippen LogP contribution in [0, 0.1) is 5.92 Å². The van der Waals surface area contributed by atoms with Crippen LogP contribution in [0.5, 0.6) is 0 Å². The van der Waals surface area contributed by atoms with Gasteiger partial charge in [-0.25, -0.2) is 0 Å². The van der Waals surface area contributed by atoms with E-state index in [2.05, 4.69) is 67.7 Å². The molecule has 0 saturated heterocycles. The van der Waals surface area contributed by atoms with E-state index in [1.807, 2.05) is 6.07 Å². The van der Waals surface area contributed by atoms with Crippen LogP contribution in [0.25, 0.3) is 21.5 Å². The highest BCUT2D eigenvalue weighted by molar-refractivity contribution is 6.07. The summed E-state index contributed by atoms with van der Waals surface area (Å²) in [5, 5.41) is 20.0. The molecule has 3 aromatic carbocycles. The molecule has 0 radical (unpaired) electrons. The van der Waals surface area contributed by atoms with Gasteiger partial charge in [0.2, 0.25) is 0 Å². The Labute approximate surface area is 167 Å². The van der Waals surface area contributed by atoms with Gasteiger partial charge >= 0.3 is 0 Å². The summed E-state index contributed by atoms with van der Waals surface area (Å²) in [7, 11) is 0. The summed E-state index contributed by atoms with van der Waals surface area (Å²) < 4.78 is 0. The van der Waals surface area contributed by atoms with Gasteiger partial charge in [-0.3, -0.25) is 4.99 Å². The van der Waals surface area contributed by atoms with Gasteiger partial charge in [0.05, 0.1) is 5.84 Å². The number of aliphatic hydroxyl groups is 1. The van der Waals surface area contributed by atoms with E-state index in [0.717, 1.165) is 37.2 Å². The van der Waals surface area contributed by atoms with E-state index in [0.29, 0.717) is 0 Å². The molecule has 3 heteroatoms. The van der Waals surface area contributed by atoms with Crippen molar-refractivity contribution in [2.24, 2.45) is 10.9 Å². The topological polar surface area (TPSA) is 44.6 Å². The predicted molar refractivity (Wildman–Crippen MR) is 119 cm³/mol. The highest BCUT2D eigenvalue weighted by Gasteiger charge is 2.34. The van der Waals surface area contributed by atoms with Crippen LogP contribution < -0.4 is 5.32 Å². The number of rotatable bonds is 3. The van der Waals surface area contributed by atoms with Gasteiger partial charge in [0.25, 0.3) is 0 Å². The Morgan fingerprint density at radius 3 is 2.43 bits per heavy atom. The maximum atomic E-state index is 11.7. The van der Waals surface area contributed by atoms with Crippen molar-refractivity contribution < 1.29 is 5.11 Å². The average molecular weight is 375 g/mol. The Morgan fingerprint density at radius 2 is 1.61 bits per heavy atom. The van der Waals surface area contributed by atoms with Crippen molar-refractivity contribution in [2.75, 3.05) is 6.54 Å². The van der Waals surface area contributed by atoms with Crippen molar-refractivity contribution in [1.29, 1.82) is 0 Å². The van der Waals surface area contributed by atoms with E-state index < -0.39 is 5.72 Å². The second-order valence-electron chi connectivity index (χ2n) is 8.26. The van der Waals surface area contributed by atoms with E-state index in [1.54, 1.807) is 0 Å². The summed E-state index contributed by atoms with van der Waals surface area (Å²) in [5.74, 6) is 0.946. The molecule has 3 aromatic rings. The molecule has 2 N–H and O–H groups in total. The van der Waals surface area contributed by atoms with E-state index in [-0.39, 0.29) is 5.92 Å². The van der Waals surface area contributed by atoms with Crippen LogP contribution in [0.3, 0.4) is 0 Å². The second kappa shape index (κ2) is 7.92. The minimum Gasteiger partial charge on any atom is -0.367 e. The van der Waals surface area contributed by atoms with Crippen molar-refractivity contribution in [3.63, 3.8) is 0 Å². The number of hydrogen-bond donors (Lipinski definition) is 2. The van der Waals surface area contributed by atoms with Crippen molar-refractivity contribution >= 4 is 27.4 Å². The van der Waals surface area contributed by atoms with Crippen LogP contribution in [-0.2, 0) is 5.72 Å². The minimum atomic E-state index is -1.14. The number of nitrogens with one attached hydrogen (secondary N) is 1. The summed E-state index contributed by atoms with van der Waals surface area (Å²) in [6.45, 7) is 4.96. The van der Waals surface area contributed by atoms with Crippen molar-refractivity contribution in [2.45, 2.75) is 51.7 Å². The zero-order chi connectivity index (χ0) is 19.6. The summed E-state index contributed by atoms with van der Waals surface area (Å²) in [6.07, 6.45) is 5.66. The van der Waals surface area contributed by atoms with Crippen molar-refractivity contribution in [3.8, 4) is 0 Å².